The quantitative estimate of drug-likeness (QED) is 0.850. The van der Waals surface area contributed by atoms with E-state index >= 15 is 0 Å². The van der Waals surface area contributed by atoms with Crippen LogP contribution in [0.1, 0.15) is 25.3 Å². The third-order valence-corrected chi connectivity index (χ3v) is 4.25. The highest BCUT2D eigenvalue weighted by Crippen LogP contribution is 2.28. The van der Waals surface area contributed by atoms with Crippen molar-refractivity contribution in [2.75, 3.05) is 31.6 Å². The molecule has 3 nitrogen and oxygen atoms in total. The standard InChI is InChI=1S/C15H20ClN3/c1-3-19-8-6-14(7-9-19)18(2)15-10-13(16)5-4-12(15)11-17/h4-5,10,14H,3,6-9H2,1-2H3. The molecule has 1 aliphatic rings. The maximum absolute atomic E-state index is 9.21. The number of benzene rings is 1. The molecule has 1 aromatic carbocycles. The van der Waals surface area contributed by atoms with Gasteiger partial charge in [-0.3, -0.25) is 0 Å². The molecule has 1 heterocycles. The van der Waals surface area contributed by atoms with Gasteiger partial charge in [-0.15, -0.1) is 0 Å². The Kier molecular flexibility index (Phi) is 4.68. The van der Waals surface area contributed by atoms with Crippen molar-refractivity contribution in [3.05, 3.63) is 28.8 Å². The van der Waals surface area contributed by atoms with E-state index in [9.17, 15) is 5.26 Å². The summed E-state index contributed by atoms with van der Waals surface area (Å²) in [4.78, 5) is 4.69. The number of hydrogen-bond acceptors (Lipinski definition) is 3. The Hall–Kier alpha value is -1.24. The zero-order chi connectivity index (χ0) is 13.8. The molecule has 102 valence electrons. The average Bonchev–Trinajstić information content (AvgIpc) is 2.46. The van der Waals surface area contributed by atoms with Crippen LogP contribution in [0.25, 0.3) is 0 Å². The van der Waals surface area contributed by atoms with Crippen LogP contribution in [-0.2, 0) is 0 Å². The van der Waals surface area contributed by atoms with Crippen molar-refractivity contribution in [2.45, 2.75) is 25.8 Å². The maximum atomic E-state index is 9.21. The van der Waals surface area contributed by atoms with Crippen LogP contribution < -0.4 is 4.90 Å². The first-order chi connectivity index (χ1) is 9.15. The summed E-state index contributed by atoms with van der Waals surface area (Å²) in [6, 6.07) is 8.22. The lowest BCUT2D eigenvalue weighted by Crippen LogP contribution is -2.43. The van der Waals surface area contributed by atoms with Gasteiger partial charge in [-0.25, -0.2) is 0 Å². The molecule has 1 aromatic rings. The molecule has 0 radical (unpaired) electrons. The van der Waals surface area contributed by atoms with E-state index in [-0.39, 0.29) is 0 Å². The molecular weight excluding hydrogens is 258 g/mol. The molecule has 0 aromatic heterocycles. The fraction of sp³-hybridized carbons (Fsp3) is 0.533. The summed E-state index contributed by atoms with van der Waals surface area (Å²) in [5.41, 5.74) is 1.65. The molecule has 1 saturated heterocycles. The van der Waals surface area contributed by atoms with E-state index in [1.807, 2.05) is 6.07 Å². The Balaban J connectivity index is 2.14. The summed E-state index contributed by atoms with van der Waals surface area (Å²) in [5, 5.41) is 9.90. The molecule has 0 atom stereocenters. The van der Waals surface area contributed by atoms with E-state index in [0.29, 0.717) is 16.6 Å². The van der Waals surface area contributed by atoms with E-state index in [4.69, 9.17) is 11.6 Å². The summed E-state index contributed by atoms with van der Waals surface area (Å²) in [5.74, 6) is 0. The molecule has 0 saturated carbocycles. The van der Waals surface area contributed by atoms with Gasteiger partial charge in [-0.1, -0.05) is 18.5 Å². The number of likely N-dealkylation sites (tertiary alicyclic amines) is 1. The van der Waals surface area contributed by atoms with E-state index in [2.05, 4.69) is 29.8 Å². The molecule has 1 aliphatic heterocycles. The molecule has 0 aliphatic carbocycles. The lowest BCUT2D eigenvalue weighted by molar-refractivity contribution is 0.221. The van der Waals surface area contributed by atoms with E-state index in [0.717, 1.165) is 38.2 Å². The number of rotatable bonds is 3. The molecule has 2 rings (SSSR count). The van der Waals surface area contributed by atoms with Gasteiger partial charge >= 0.3 is 0 Å². The Morgan fingerprint density at radius 1 is 1.42 bits per heavy atom. The zero-order valence-electron chi connectivity index (χ0n) is 11.6. The highest BCUT2D eigenvalue weighted by Gasteiger charge is 2.23. The van der Waals surface area contributed by atoms with Crippen molar-refractivity contribution in [3.63, 3.8) is 0 Å². The Labute approximate surface area is 120 Å². The van der Waals surface area contributed by atoms with Crippen molar-refractivity contribution < 1.29 is 0 Å². The maximum Gasteiger partial charge on any atom is 0.101 e. The number of piperidine rings is 1. The van der Waals surface area contributed by atoms with E-state index in [1.54, 1.807) is 12.1 Å². The number of anilines is 1. The third-order valence-electron chi connectivity index (χ3n) is 4.01. The van der Waals surface area contributed by atoms with Crippen LogP contribution >= 0.6 is 11.6 Å². The fourth-order valence-electron chi connectivity index (χ4n) is 2.71. The topological polar surface area (TPSA) is 30.3 Å². The Morgan fingerprint density at radius 3 is 2.68 bits per heavy atom. The van der Waals surface area contributed by atoms with Crippen LogP contribution in [0.5, 0.6) is 0 Å². The molecule has 0 N–H and O–H groups in total. The van der Waals surface area contributed by atoms with E-state index < -0.39 is 0 Å². The molecule has 4 heteroatoms. The number of nitriles is 1. The lowest BCUT2D eigenvalue weighted by Gasteiger charge is -2.37. The van der Waals surface area contributed by atoms with Crippen LogP contribution in [0.2, 0.25) is 5.02 Å². The molecule has 0 unspecified atom stereocenters. The minimum atomic E-state index is 0.494. The lowest BCUT2D eigenvalue weighted by atomic mass is 10.0. The first-order valence-electron chi connectivity index (χ1n) is 6.80. The van der Waals surface area contributed by atoms with Gasteiger partial charge in [-0.05, 0) is 37.6 Å². The second-order valence-corrected chi connectivity index (χ2v) is 5.49. The summed E-state index contributed by atoms with van der Waals surface area (Å²) in [6.45, 7) is 5.59. The Bertz CT molecular complexity index is 473. The molecular formula is C15H20ClN3. The summed E-state index contributed by atoms with van der Waals surface area (Å²) in [7, 11) is 2.07. The first kappa shape index (κ1) is 14.2. The van der Waals surface area contributed by atoms with Gasteiger partial charge in [0.15, 0.2) is 0 Å². The monoisotopic (exact) mass is 277 g/mol. The zero-order valence-corrected chi connectivity index (χ0v) is 12.3. The van der Waals surface area contributed by atoms with Crippen LogP contribution in [0, 0.1) is 11.3 Å². The van der Waals surface area contributed by atoms with Crippen molar-refractivity contribution in [1.29, 1.82) is 5.26 Å². The second-order valence-electron chi connectivity index (χ2n) is 5.05. The Morgan fingerprint density at radius 2 is 2.11 bits per heavy atom. The van der Waals surface area contributed by atoms with Crippen LogP contribution in [0.3, 0.4) is 0 Å². The second kappa shape index (κ2) is 6.27. The molecule has 1 fully saturated rings. The predicted octanol–water partition coefficient (Wildman–Crippen LogP) is 3.13. The third kappa shape index (κ3) is 3.20. The van der Waals surface area contributed by atoms with Gasteiger partial charge < -0.3 is 9.80 Å². The van der Waals surface area contributed by atoms with Crippen LogP contribution in [-0.4, -0.2) is 37.6 Å². The average molecular weight is 278 g/mol. The van der Waals surface area contributed by atoms with Gasteiger partial charge in [-0.2, -0.15) is 5.26 Å². The van der Waals surface area contributed by atoms with Gasteiger partial charge in [0.2, 0.25) is 0 Å². The van der Waals surface area contributed by atoms with Gasteiger partial charge in [0.05, 0.1) is 11.3 Å². The highest BCUT2D eigenvalue weighted by atomic mass is 35.5. The van der Waals surface area contributed by atoms with Gasteiger partial charge in [0.1, 0.15) is 6.07 Å². The van der Waals surface area contributed by atoms with Crippen molar-refractivity contribution in [2.24, 2.45) is 0 Å². The first-order valence-corrected chi connectivity index (χ1v) is 7.18. The smallest absolute Gasteiger partial charge is 0.101 e. The van der Waals surface area contributed by atoms with Gasteiger partial charge in [0, 0.05) is 31.2 Å². The molecule has 0 bridgehead atoms. The van der Waals surface area contributed by atoms with Crippen molar-refractivity contribution in [3.8, 4) is 6.07 Å². The summed E-state index contributed by atoms with van der Waals surface area (Å²) in [6.07, 6.45) is 2.28. The molecule has 19 heavy (non-hydrogen) atoms. The highest BCUT2D eigenvalue weighted by molar-refractivity contribution is 6.30. The van der Waals surface area contributed by atoms with Crippen LogP contribution in [0.15, 0.2) is 18.2 Å². The number of nitrogens with zero attached hydrogens (tertiary/aromatic N) is 3. The summed E-state index contributed by atoms with van der Waals surface area (Å²) >= 11 is 6.06. The predicted molar refractivity (Wildman–Crippen MR) is 79.7 cm³/mol. The molecule has 0 amide bonds. The fourth-order valence-corrected chi connectivity index (χ4v) is 2.88. The van der Waals surface area contributed by atoms with Crippen molar-refractivity contribution >= 4 is 17.3 Å². The minimum Gasteiger partial charge on any atom is -0.370 e. The normalized spacial score (nSPS) is 17.2. The van der Waals surface area contributed by atoms with Crippen molar-refractivity contribution in [1.82, 2.24) is 4.90 Å². The number of hydrogen-bond donors (Lipinski definition) is 0. The molecule has 0 spiro atoms. The van der Waals surface area contributed by atoms with Crippen LogP contribution in [0.4, 0.5) is 5.69 Å². The number of halogens is 1. The van der Waals surface area contributed by atoms with Gasteiger partial charge in [0.25, 0.3) is 0 Å². The van der Waals surface area contributed by atoms with E-state index in [1.165, 1.54) is 0 Å². The SMILES string of the molecule is CCN1CCC(N(C)c2cc(Cl)ccc2C#N)CC1. The summed E-state index contributed by atoms with van der Waals surface area (Å²) < 4.78 is 0. The largest absolute Gasteiger partial charge is 0.370 e. The minimum absolute atomic E-state index is 0.494.